The summed E-state index contributed by atoms with van der Waals surface area (Å²) in [5.41, 5.74) is 2.03. The Labute approximate surface area is 190 Å². The molecule has 4 aromatic rings. The molecule has 2 heterocycles. The molecule has 8 heteroatoms. The number of aromatic nitrogens is 2. The summed E-state index contributed by atoms with van der Waals surface area (Å²) in [6.45, 7) is 3.45. The van der Waals surface area contributed by atoms with Gasteiger partial charge in [0.05, 0.1) is 24.4 Å². The van der Waals surface area contributed by atoms with E-state index in [0.29, 0.717) is 29.4 Å². The minimum atomic E-state index is -0.568. The fourth-order valence-electron chi connectivity index (χ4n) is 3.41. The van der Waals surface area contributed by atoms with Gasteiger partial charge in [-0.05, 0) is 61.5 Å². The SMILES string of the molecule is CCCCNCn1cnc(-c2ccc(F)cc2)c1-c1ccc(C(=O)Nc2ccccc2F)o1. The molecule has 0 aliphatic rings. The van der Waals surface area contributed by atoms with Crippen LogP contribution < -0.4 is 10.6 Å². The zero-order chi connectivity index (χ0) is 23.2. The Morgan fingerprint density at radius 3 is 2.61 bits per heavy atom. The van der Waals surface area contributed by atoms with Crippen molar-refractivity contribution in [1.82, 2.24) is 14.9 Å². The molecule has 0 saturated carbocycles. The van der Waals surface area contributed by atoms with E-state index in [2.05, 4.69) is 22.5 Å². The van der Waals surface area contributed by atoms with Crippen molar-refractivity contribution >= 4 is 11.6 Å². The molecule has 33 heavy (non-hydrogen) atoms. The zero-order valence-electron chi connectivity index (χ0n) is 18.1. The predicted molar refractivity (Wildman–Crippen MR) is 123 cm³/mol. The Bertz CT molecular complexity index is 1230. The van der Waals surface area contributed by atoms with Crippen LogP contribution in [0, 0.1) is 11.6 Å². The molecule has 2 aromatic heterocycles. The fourth-order valence-corrected chi connectivity index (χ4v) is 3.41. The average molecular weight is 450 g/mol. The first-order valence-corrected chi connectivity index (χ1v) is 10.7. The highest BCUT2D eigenvalue weighted by Gasteiger charge is 2.20. The lowest BCUT2D eigenvalue weighted by molar-refractivity contribution is 0.0997. The van der Waals surface area contributed by atoms with E-state index in [1.165, 1.54) is 30.3 Å². The molecule has 6 nitrogen and oxygen atoms in total. The van der Waals surface area contributed by atoms with Crippen LogP contribution in [0.5, 0.6) is 0 Å². The van der Waals surface area contributed by atoms with E-state index in [0.717, 1.165) is 19.4 Å². The van der Waals surface area contributed by atoms with Crippen LogP contribution in [-0.2, 0) is 6.67 Å². The van der Waals surface area contributed by atoms with E-state index in [-0.39, 0.29) is 17.3 Å². The van der Waals surface area contributed by atoms with Gasteiger partial charge < -0.3 is 14.3 Å². The van der Waals surface area contributed by atoms with Crippen LogP contribution in [-0.4, -0.2) is 22.0 Å². The number of benzene rings is 2. The van der Waals surface area contributed by atoms with Crippen LogP contribution in [0.25, 0.3) is 22.7 Å². The maximum absolute atomic E-state index is 13.9. The van der Waals surface area contributed by atoms with E-state index >= 15 is 0 Å². The van der Waals surface area contributed by atoms with Crippen LogP contribution >= 0.6 is 0 Å². The zero-order valence-corrected chi connectivity index (χ0v) is 18.1. The highest BCUT2D eigenvalue weighted by molar-refractivity contribution is 6.02. The van der Waals surface area contributed by atoms with Crippen molar-refractivity contribution < 1.29 is 18.0 Å². The molecule has 0 aliphatic heterocycles. The molecule has 0 atom stereocenters. The van der Waals surface area contributed by atoms with Crippen LogP contribution in [0.3, 0.4) is 0 Å². The van der Waals surface area contributed by atoms with Crippen LogP contribution in [0.1, 0.15) is 30.3 Å². The largest absolute Gasteiger partial charge is 0.449 e. The van der Waals surface area contributed by atoms with Gasteiger partial charge in [0.2, 0.25) is 0 Å². The molecule has 4 rings (SSSR count). The lowest BCUT2D eigenvalue weighted by Crippen LogP contribution is -2.19. The quantitative estimate of drug-likeness (QED) is 0.322. The lowest BCUT2D eigenvalue weighted by atomic mass is 10.1. The summed E-state index contributed by atoms with van der Waals surface area (Å²) in [5.74, 6) is -0.992. The van der Waals surface area contributed by atoms with Gasteiger partial charge in [-0.15, -0.1) is 0 Å². The maximum Gasteiger partial charge on any atom is 0.291 e. The Kier molecular flexibility index (Phi) is 6.95. The van der Waals surface area contributed by atoms with Gasteiger partial charge in [-0.25, -0.2) is 13.8 Å². The van der Waals surface area contributed by atoms with Gasteiger partial charge in [0.15, 0.2) is 11.5 Å². The van der Waals surface area contributed by atoms with E-state index in [4.69, 9.17) is 4.42 Å². The van der Waals surface area contributed by atoms with E-state index < -0.39 is 11.7 Å². The van der Waals surface area contributed by atoms with Crippen molar-refractivity contribution in [2.24, 2.45) is 0 Å². The van der Waals surface area contributed by atoms with Crippen molar-refractivity contribution in [3.63, 3.8) is 0 Å². The molecule has 1 amide bonds. The van der Waals surface area contributed by atoms with Gasteiger partial charge in [0, 0.05) is 5.56 Å². The highest BCUT2D eigenvalue weighted by atomic mass is 19.1. The second-order valence-corrected chi connectivity index (χ2v) is 7.53. The number of amides is 1. The number of imidazole rings is 1. The number of para-hydroxylation sites is 1. The Hall–Kier alpha value is -3.78. The number of nitrogens with zero attached hydrogens (tertiary/aromatic N) is 2. The number of carbonyl (C=O) groups is 1. The summed E-state index contributed by atoms with van der Waals surface area (Å²) in [6, 6.07) is 15.1. The van der Waals surface area contributed by atoms with Crippen molar-refractivity contribution in [2.45, 2.75) is 26.4 Å². The summed E-state index contributed by atoms with van der Waals surface area (Å²) in [5, 5.41) is 5.87. The molecule has 0 saturated heterocycles. The summed E-state index contributed by atoms with van der Waals surface area (Å²) in [6.07, 6.45) is 3.79. The third kappa shape index (κ3) is 5.18. The monoisotopic (exact) mass is 450 g/mol. The van der Waals surface area contributed by atoms with Gasteiger partial charge in [0.25, 0.3) is 5.91 Å². The minimum absolute atomic E-state index is 0.0324. The Balaban J connectivity index is 1.64. The van der Waals surface area contributed by atoms with Crippen molar-refractivity contribution in [3.8, 4) is 22.7 Å². The standard InChI is InChI=1S/C25H24F2N4O2/c1-2-3-14-28-15-31-16-29-23(17-8-10-18(26)11-9-17)24(31)21-12-13-22(33-21)25(32)30-20-7-5-4-6-19(20)27/h4-13,16,28H,2-3,14-15H2,1H3,(H,30,32). The molecule has 0 unspecified atom stereocenters. The van der Waals surface area contributed by atoms with E-state index in [1.807, 2.05) is 4.57 Å². The first kappa shape index (κ1) is 22.4. The molecule has 0 radical (unpaired) electrons. The van der Waals surface area contributed by atoms with Crippen molar-refractivity contribution in [3.05, 3.63) is 84.4 Å². The molecule has 2 N–H and O–H groups in total. The molecule has 0 fully saturated rings. The summed E-state index contributed by atoms with van der Waals surface area (Å²) >= 11 is 0. The minimum Gasteiger partial charge on any atom is -0.449 e. The fraction of sp³-hybridized carbons (Fsp3) is 0.200. The van der Waals surface area contributed by atoms with Crippen LogP contribution in [0.2, 0.25) is 0 Å². The average Bonchev–Trinajstić information content (AvgIpc) is 3.46. The van der Waals surface area contributed by atoms with Gasteiger partial charge in [0.1, 0.15) is 17.3 Å². The number of furan rings is 1. The van der Waals surface area contributed by atoms with Gasteiger partial charge in [-0.3, -0.25) is 10.1 Å². The van der Waals surface area contributed by atoms with Gasteiger partial charge in [-0.1, -0.05) is 25.5 Å². The smallest absolute Gasteiger partial charge is 0.291 e. The summed E-state index contributed by atoms with van der Waals surface area (Å²) < 4.78 is 35.1. The number of hydrogen-bond donors (Lipinski definition) is 2. The number of hydrogen-bond acceptors (Lipinski definition) is 4. The Morgan fingerprint density at radius 1 is 1.06 bits per heavy atom. The van der Waals surface area contributed by atoms with Crippen molar-refractivity contribution in [2.75, 3.05) is 11.9 Å². The molecule has 0 bridgehead atoms. The second-order valence-electron chi connectivity index (χ2n) is 7.53. The molecule has 0 aliphatic carbocycles. The highest BCUT2D eigenvalue weighted by Crippen LogP contribution is 2.32. The third-order valence-corrected chi connectivity index (χ3v) is 5.13. The summed E-state index contributed by atoms with van der Waals surface area (Å²) in [7, 11) is 0. The number of halogens is 2. The number of unbranched alkanes of at least 4 members (excludes halogenated alkanes) is 1. The second kappa shape index (κ2) is 10.2. The van der Waals surface area contributed by atoms with Crippen LogP contribution in [0.15, 0.2) is 71.4 Å². The number of anilines is 1. The van der Waals surface area contributed by atoms with Crippen LogP contribution in [0.4, 0.5) is 14.5 Å². The first-order valence-electron chi connectivity index (χ1n) is 10.7. The topological polar surface area (TPSA) is 72.1 Å². The molecule has 2 aromatic carbocycles. The van der Waals surface area contributed by atoms with Gasteiger partial charge in [-0.2, -0.15) is 0 Å². The van der Waals surface area contributed by atoms with Gasteiger partial charge >= 0.3 is 0 Å². The summed E-state index contributed by atoms with van der Waals surface area (Å²) in [4.78, 5) is 17.1. The predicted octanol–water partition coefficient (Wildman–Crippen LogP) is 5.69. The number of rotatable bonds is 9. The molecule has 170 valence electrons. The van der Waals surface area contributed by atoms with E-state index in [9.17, 15) is 13.6 Å². The first-order chi connectivity index (χ1) is 16.1. The Morgan fingerprint density at radius 2 is 1.85 bits per heavy atom. The molecule has 0 spiro atoms. The number of nitrogens with one attached hydrogen (secondary N) is 2. The van der Waals surface area contributed by atoms with Crippen molar-refractivity contribution in [1.29, 1.82) is 0 Å². The third-order valence-electron chi connectivity index (χ3n) is 5.13. The van der Waals surface area contributed by atoms with E-state index in [1.54, 1.807) is 36.7 Å². The lowest BCUT2D eigenvalue weighted by Gasteiger charge is -2.10. The number of carbonyl (C=O) groups excluding carboxylic acids is 1. The molecular weight excluding hydrogens is 426 g/mol. The molecular formula is C25H24F2N4O2. The maximum atomic E-state index is 13.9. The normalized spacial score (nSPS) is 11.0.